The Labute approximate surface area is 193 Å². The van der Waals surface area contributed by atoms with Crippen LogP contribution in [0, 0.1) is 5.41 Å². The van der Waals surface area contributed by atoms with Crippen molar-refractivity contribution in [2.24, 2.45) is 5.41 Å². The van der Waals surface area contributed by atoms with Crippen molar-refractivity contribution in [3.63, 3.8) is 0 Å². The van der Waals surface area contributed by atoms with Crippen LogP contribution in [0.5, 0.6) is 0 Å². The van der Waals surface area contributed by atoms with E-state index in [2.05, 4.69) is 16.3 Å². The van der Waals surface area contributed by atoms with Crippen LogP contribution >= 0.6 is 11.3 Å². The number of ether oxygens (including phenoxy) is 1. The molecule has 3 saturated heterocycles. The number of rotatable bonds is 3. The number of hydrogen-bond acceptors (Lipinski definition) is 6. The number of cyclic esters (lactones) is 1. The number of thiophene rings is 1. The van der Waals surface area contributed by atoms with Crippen LogP contribution in [-0.2, 0) is 9.53 Å². The fourth-order valence-corrected chi connectivity index (χ4v) is 7.15. The van der Waals surface area contributed by atoms with Crippen molar-refractivity contribution in [1.82, 2.24) is 9.80 Å². The lowest BCUT2D eigenvalue weighted by atomic mass is 9.74. The van der Waals surface area contributed by atoms with E-state index in [1.807, 2.05) is 44.0 Å². The minimum absolute atomic E-state index is 0.0104. The molecule has 6 nitrogen and oxygen atoms in total. The molecule has 1 aromatic carbocycles. The molecule has 7 heteroatoms. The van der Waals surface area contributed by atoms with E-state index in [4.69, 9.17) is 4.74 Å². The third-order valence-corrected chi connectivity index (χ3v) is 8.67. The molecule has 1 aromatic heterocycles. The van der Waals surface area contributed by atoms with Crippen molar-refractivity contribution in [3.05, 3.63) is 29.8 Å². The average Bonchev–Trinajstić information content (AvgIpc) is 3.26. The van der Waals surface area contributed by atoms with Crippen molar-refractivity contribution in [2.75, 3.05) is 38.5 Å². The highest BCUT2D eigenvalue weighted by Gasteiger charge is 2.54. The van der Waals surface area contributed by atoms with Crippen molar-refractivity contribution in [2.45, 2.75) is 57.6 Å². The van der Waals surface area contributed by atoms with Gasteiger partial charge in [-0.3, -0.25) is 14.5 Å². The SMILES string of the molecule is CNc1sc2ccccc2c1C(=O)N1CCC(N2CCCC3(C2)CC(C)(C)OC3=O)CC1. The molecule has 32 heavy (non-hydrogen) atoms. The second-order valence-corrected chi connectivity index (χ2v) is 11.3. The van der Waals surface area contributed by atoms with Gasteiger partial charge in [0, 0.05) is 49.2 Å². The van der Waals surface area contributed by atoms with Gasteiger partial charge in [-0.2, -0.15) is 0 Å². The normalized spacial score (nSPS) is 26.6. The molecule has 0 saturated carbocycles. The number of carbonyl (C=O) groups is 2. The van der Waals surface area contributed by atoms with E-state index in [1.54, 1.807) is 11.3 Å². The summed E-state index contributed by atoms with van der Waals surface area (Å²) in [5, 5.41) is 5.20. The zero-order valence-electron chi connectivity index (χ0n) is 19.3. The van der Waals surface area contributed by atoms with E-state index in [0.29, 0.717) is 6.04 Å². The molecule has 2 aromatic rings. The Kier molecular flexibility index (Phi) is 5.45. The minimum atomic E-state index is -0.357. The Morgan fingerprint density at radius 1 is 1.19 bits per heavy atom. The standard InChI is InChI=1S/C25H33N3O3S/c1-24(2)15-25(23(30)31-24)11-6-12-28(16-25)17-9-13-27(14-10-17)22(29)20-18-7-4-5-8-19(18)32-21(20)26-3/h4-5,7-8,17,26H,6,9-16H2,1-3H3. The molecule has 1 unspecified atom stereocenters. The van der Waals surface area contributed by atoms with E-state index >= 15 is 0 Å². The van der Waals surface area contributed by atoms with Crippen LogP contribution in [-0.4, -0.2) is 66.5 Å². The van der Waals surface area contributed by atoms with Gasteiger partial charge >= 0.3 is 5.97 Å². The van der Waals surface area contributed by atoms with E-state index in [0.717, 1.165) is 78.9 Å². The maximum absolute atomic E-state index is 13.5. The summed E-state index contributed by atoms with van der Waals surface area (Å²) in [6, 6.07) is 8.56. The summed E-state index contributed by atoms with van der Waals surface area (Å²) < 4.78 is 6.84. The average molecular weight is 456 g/mol. The van der Waals surface area contributed by atoms with Gasteiger partial charge in [0.15, 0.2) is 0 Å². The topological polar surface area (TPSA) is 61.9 Å². The molecule has 3 aliphatic rings. The lowest BCUT2D eigenvalue weighted by molar-refractivity contribution is -0.154. The quantitative estimate of drug-likeness (QED) is 0.697. The number of nitrogens with zero attached hydrogens (tertiary/aromatic N) is 2. The molecule has 0 radical (unpaired) electrons. The van der Waals surface area contributed by atoms with Gasteiger partial charge in [-0.05, 0) is 52.1 Å². The first-order valence-corrected chi connectivity index (χ1v) is 12.6. The van der Waals surface area contributed by atoms with E-state index in [1.165, 1.54) is 0 Å². The monoisotopic (exact) mass is 455 g/mol. The highest BCUT2D eigenvalue weighted by molar-refractivity contribution is 7.23. The van der Waals surface area contributed by atoms with Crippen LogP contribution in [0.25, 0.3) is 10.1 Å². The van der Waals surface area contributed by atoms with Gasteiger partial charge in [-0.1, -0.05) is 18.2 Å². The van der Waals surface area contributed by atoms with Crippen LogP contribution in [0.15, 0.2) is 24.3 Å². The van der Waals surface area contributed by atoms with Gasteiger partial charge in [0.2, 0.25) is 0 Å². The molecule has 0 aliphatic carbocycles. The van der Waals surface area contributed by atoms with E-state index in [9.17, 15) is 9.59 Å². The summed E-state index contributed by atoms with van der Waals surface area (Å²) in [5.41, 5.74) is 0.107. The Morgan fingerprint density at radius 2 is 1.94 bits per heavy atom. The molecule has 3 aliphatic heterocycles. The Balaban J connectivity index is 1.27. The molecule has 3 fully saturated rings. The van der Waals surface area contributed by atoms with Crippen molar-refractivity contribution in [3.8, 4) is 0 Å². The number of anilines is 1. The lowest BCUT2D eigenvalue weighted by Gasteiger charge is -2.44. The first-order valence-electron chi connectivity index (χ1n) is 11.8. The number of piperidine rings is 2. The number of benzene rings is 1. The Hall–Kier alpha value is -2.12. The summed E-state index contributed by atoms with van der Waals surface area (Å²) >= 11 is 1.64. The van der Waals surface area contributed by atoms with Gasteiger partial charge in [0.05, 0.1) is 11.0 Å². The number of esters is 1. The summed E-state index contributed by atoms with van der Waals surface area (Å²) in [6.07, 6.45) is 4.69. The molecule has 1 spiro atoms. The molecule has 1 N–H and O–H groups in total. The van der Waals surface area contributed by atoms with Gasteiger partial charge in [0.1, 0.15) is 10.6 Å². The number of carbonyl (C=O) groups excluding carboxylic acids is 2. The lowest BCUT2D eigenvalue weighted by Crippen LogP contribution is -2.53. The maximum Gasteiger partial charge on any atom is 0.314 e. The third kappa shape index (κ3) is 3.69. The number of amides is 1. The number of fused-ring (bicyclic) bond motifs is 1. The fraction of sp³-hybridized carbons (Fsp3) is 0.600. The van der Waals surface area contributed by atoms with Crippen LogP contribution < -0.4 is 5.32 Å². The highest BCUT2D eigenvalue weighted by atomic mass is 32.1. The molecular weight excluding hydrogens is 422 g/mol. The Morgan fingerprint density at radius 3 is 2.62 bits per heavy atom. The smallest absolute Gasteiger partial charge is 0.314 e. The molecule has 5 rings (SSSR count). The number of likely N-dealkylation sites (tertiary alicyclic amines) is 2. The second-order valence-electron chi connectivity index (χ2n) is 10.3. The zero-order valence-corrected chi connectivity index (χ0v) is 20.1. The first-order chi connectivity index (χ1) is 15.3. The highest BCUT2D eigenvalue weighted by Crippen LogP contribution is 2.47. The van der Waals surface area contributed by atoms with E-state index in [-0.39, 0.29) is 22.9 Å². The Bertz CT molecular complexity index is 1040. The molecule has 1 amide bonds. The number of hydrogen-bond donors (Lipinski definition) is 1. The maximum atomic E-state index is 13.5. The largest absolute Gasteiger partial charge is 0.459 e. The predicted molar refractivity (Wildman–Crippen MR) is 128 cm³/mol. The third-order valence-electron chi connectivity index (χ3n) is 7.48. The summed E-state index contributed by atoms with van der Waals surface area (Å²) in [5.74, 6) is 0.116. The van der Waals surface area contributed by atoms with Gasteiger partial charge < -0.3 is 15.0 Å². The van der Waals surface area contributed by atoms with Crippen molar-refractivity contribution in [1.29, 1.82) is 0 Å². The zero-order chi connectivity index (χ0) is 22.5. The van der Waals surface area contributed by atoms with Gasteiger partial charge in [-0.15, -0.1) is 11.3 Å². The van der Waals surface area contributed by atoms with Crippen LogP contribution in [0.2, 0.25) is 0 Å². The van der Waals surface area contributed by atoms with Gasteiger partial charge in [-0.25, -0.2) is 0 Å². The van der Waals surface area contributed by atoms with Crippen LogP contribution in [0.4, 0.5) is 5.00 Å². The molecular formula is C25H33N3O3S. The summed E-state index contributed by atoms with van der Waals surface area (Å²) in [4.78, 5) is 30.7. The first kappa shape index (κ1) is 21.7. The summed E-state index contributed by atoms with van der Waals surface area (Å²) in [6.45, 7) is 7.40. The molecule has 4 heterocycles. The van der Waals surface area contributed by atoms with Crippen LogP contribution in [0.1, 0.15) is 56.3 Å². The van der Waals surface area contributed by atoms with Gasteiger partial charge in [0.25, 0.3) is 5.91 Å². The summed E-state index contributed by atoms with van der Waals surface area (Å²) in [7, 11) is 1.88. The van der Waals surface area contributed by atoms with Crippen molar-refractivity contribution < 1.29 is 14.3 Å². The number of nitrogens with one attached hydrogen (secondary N) is 1. The second kappa shape index (κ2) is 8.03. The predicted octanol–water partition coefficient (Wildman–Crippen LogP) is 4.36. The van der Waals surface area contributed by atoms with Crippen LogP contribution in [0.3, 0.4) is 0 Å². The molecule has 0 bridgehead atoms. The fourth-order valence-electron chi connectivity index (χ4n) is 6.10. The van der Waals surface area contributed by atoms with E-state index < -0.39 is 0 Å². The molecule has 1 atom stereocenters. The van der Waals surface area contributed by atoms with Crippen molar-refractivity contribution >= 4 is 38.3 Å². The minimum Gasteiger partial charge on any atom is -0.459 e. The molecule has 172 valence electrons.